The van der Waals surface area contributed by atoms with Gasteiger partial charge in [0, 0.05) is 24.9 Å². The standard InChI is InChI=1S/C10H17N3O/c1-7-2-3-9(14-7)8(11)6-10-12-4-5-13-10/h4-5,7-9H,2-3,6,11H2,1H3,(H,12,13). The summed E-state index contributed by atoms with van der Waals surface area (Å²) in [7, 11) is 0. The molecule has 0 amide bonds. The Hall–Kier alpha value is -0.870. The topological polar surface area (TPSA) is 63.9 Å². The Morgan fingerprint density at radius 3 is 3.14 bits per heavy atom. The Bertz CT molecular complexity index is 273. The zero-order valence-corrected chi connectivity index (χ0v) is 8.44. The molecule has 1 aromatic heterocycles. The SMILES string of the molecule is CC1CCC(C(N)Cc2ncc[nH]2)O1. The summed E-state index contributed by atoms with van der Waals surface area (Å²) in [5.41, 5.74) is 6.05. The van der Waals surface area contributed by atoms with Crippen LogP contribution in [0.1, 0.15) is 25.6 Å². The van der Waals surface area contributed by atoms with Crippen molar-refractivity contribution in [3.63, 3.8) is 0 Å². The number of H-pyrrole nitrogens is 1. The molecule has 3 unspecified atom stereocenters. The van der Waals surface area contributed by atoms with Crippen LogP contribution in [0.2, 0.25) is 0 Å². The molecule has 0 aliphatic carbocycles. The number of nitrogens with one attached hydrogen (secondary N) is 1. The molecule has 0 bridgehead atoms. The van der Waals surface area contributed by atoms with E-state index >= 15 is 0 Å². The predicted octanol–water partition coefficient (Wildman–Crippen LogP) is 0.847. The largest absolute Gasteiger partial charge is 0.374 e. The number of nitrogens with zero attached hydrogens (tertiary/aromatic N) is 1. The third-order valence-corrected chi connectivity index (χ3v) is 2.73. The van der Waals surface area contributed by atoms with Gasteiger partial charge >= 0.3 is 0 Å². The van der Waals surface area contributed by atoms with Crippen LogP contribution in [0.3, 0.4) is 0 Å². The first-order chi connectivity index (χ1) is 6.75. The lowest BCUT2D eigenvalue weighted by Crippen LogP contribution is -2.36. The average molecular weight is 195 g/mol. The summed E-state index contributed by atoms with van der Waals surface area (Å²) >= 11 is 0. The highest BCUT2D eigenvalue weighted by Gasteiger charge is 2.27. The van der Waals surface area contributed by atoms with Gasteiger partial charge in [-0.15, -0.1) is 0 Å². The van der Waals surface area contributed by atoms with Gasteiger partial charge in [0.05, 0.1) is 12.2 Å². The third kappa shape index (κ3) is 2.13. The fraction of sp³-hybridized carbons (Fsp3) is 0.700. The summed E-state index contributed by atoms with van der Waals surface area (Å²) in [6.07, 6.45) is 7.10. The molecule has 0 spiro atoms. The fourth-order valence-electron chi connectivity index (χ4n) is 1.91. The summed E-state index contributed by atoms with van der Waals surface area (Å²) < 4.78 is 5.71. The molecule has 0 aromatic carbocycles. The quantitative estimate of drug-likeness (QED) is 0.751. The van der Waals surface area contributed by atoms with Gasteiger partial charge in [-0.2, -0.15) is 0 Å². The van der Waals surface area contributed by atoms with Gasteiger partial charge in [-0.1, -0.05) is 0 Å². The van der Waals surface area contributed by atoms with E-state index in [1.807, 2.05) is 6.20 Å². The van der Waals surface area contributed by atoms with Crippen LogP contribution >= 0.6 is 0 Å². The molecule has 3 atom stereocenters. The summed E-state index contributed by atoms with van der Waals surface area (Å²) in [6, 6.07) is 0.0612. The number of nitrogens with two attached hydrogens (primary N) is 1. The molecule has 14 heavy (non-hydrogen) atoms. The number of rotatable bonds is 3. The van der Waals surface area contributed by atoms with Crippen LogP contribution in [0, 0.1) is 0 Å². The highest BCUT2D eigenvalue weighted by molar-refractivity contribution is 4.93. The van der Waals surface area contributed by atoms with Gasteiger partial charge in [-0.25, -0.2) is 4.98 Å². The molecular formula is C10H17N3O. The van der Waals surface area contributed by atoms with Gasteiger partial charge in [-0.3, -0.25) is 0 Å². The second-order valence-electron chi connectivity index (χ2n) is 3.97. The van der Waals surface area contributed by atoms with Crippen LogP contribution in [-0.4, -0.2) is 28.2 Å². The molecule has 1 aliphatic rings. The lowest BCUT2D eigenvalue weighted by molar-refractivity contribution is 0.0401. The van der Waals surface area contributed by atoms with Crippen molar-refractivity contribution in [3.05, 3.63) is 18.2 Å². The van der Waals surface area contributed by atoms with Gasteiger partial charge in [-0.05, 0) is 19.8 Å². The second-order valence-corrected chi connectivity index (χ2v) is 3.97. The monoisotopic (exact) mass is 195 g/mol. The molecule has 1 fully saturated rings. The highest BCUT2D eigenvalue weighted by atomic mass is 16.5. The smallest absolute Gasteiger partial charge is 0.107 e. The first-order valence-corrected chi connectivity index (χ1v) is 5.15. The van der Waals surface area contributed by atoms with Crippen molar-refractivity contribution >= 4 is 0 Å². The average Bonchev–Trinajstić information content (AvgIpc) is 2.75. The minimum absolute atomic E-state index is 0.0612. The molecule has 78 valence electrons. The van der Waals surface area contributed by atoms with Gasteiger partial charge < -0.3 is 15.5 Å². The van der Waals surface area contributed by atoms with E-state index in [-0.39, 0.29) is 12.1 Å². The maximum atomic E-state index is 6.05. The summed E-state index contributed by atoms with van der Waals surface area (Å²) in [5, 5.41) is 0. The molecule has 1 aromatic rings. The molecule has 2 rings (SSSR count). The maximum absolute atomic E-state index is 6.05. The van der Waals surface area contributed by atoms with E-state index in [1.165, 1.54) is 0 Å². The first-order valence-electron chi connectivity index (χ1n) is 5.15. The minimum Gasteiger partial charge on any atom is -0.374 e. The first kappa shape index (κ1) is 9.68. The Balaban J connectivity index is 1.87. The van der Waals surface area contributed by atoms with E-state index in [1.54, 1.807) is 6.20 Å². The van der Waals surface area contributed by atoms with Crippen molar-refractivity contribution in [2.45, 2.75) is 44.4 Å². The molecule has 1 saturated heterocycles. The van der Waals surface area contributed by atoms with Gasteiger partial charge in [0.1, 0.15) is 5.82 Å². The predicted molar refractivity (Wildman–Crippen MR) is 53.8 cm³/mol. The zero-order valence-electron chi connectivity index (χ0n) is 8.44. The van der Waals surface area contributed by atoms with E-state index in [0.29, 0.717) is 6.10 Å². The number of hydrogen-bond acceptors (Lipinski definition) is 3. The highest BCUT2D eigenvalue weighted by Crippen LogP contribution is 2.21. The van der Waals surface area contributed by atoms with E-state index in [2.05, 4.69) is 16.9 Å². The van der Waals surface area contributed by atoms with Crippen molar-refractivity contribution in [3.8, 4) is 0 Å². The number of aromatic nitrogens is 2. The lowest BCUT2D eigenvalue weighted by atomic mass is 10.1. The molecular weight excluding hydrogens is 178 g/mol. The fourth-order valence-corrected chi connectivity index (χ4v) is 1.91. The molecule has 0 radical (unpaired) electrons. The molecule has 3 N–H and O–H groups in total. The zero-order chi connectivity index (χ0) is 9.97. The van der Waals surface area contributed by atoms with Gasteiger partial charge in [0.2, 0.25) is 0 Å². The Morgan fingerprint density at radius 2 is 2.57 bits per heavy atom. The van der Waals surface area contributed by atoms with Gasteiger partial charge in [0.15, 0.2) is 0 Å². The van der Waals surface area contributed by atoms with Crippen LogP contribution in [-0.2, 0) is 11.2 Å². The summed E-state index contributed by atoms with van der Waals surface area (Å²) in [6.45, 7) is 2.10. The molecule has 1 aliphatic heterocycles. The van der Waals surface area contributed by atoms with Crippen molar-refractivity contribution < 1.29 is 4.74 Å². The van der Waals surface area contributed by atoms with Crippen molar-refractivity contribution in [1.82, 2.24) is 9.97 Å². The maximum Gasteiger partial charge on any atom is 0.107 e. The van der Waals surface area contributed by atoms with E-state index < -0.39 is 0 Å². The molecule has 2 heterocycles. The number of imidazole rings is 1. The van der Waals surface area contributed by atoms with Crippen LogP contribution in [0.5, 0.6) is 0 Å². The second kappa shape index (κ2) is 4.11. The summed E-state index contributed by atoms with van der Waals surface area (Å²) in [4.78, 5) is 7.21. The molecule has 4 nitrogen and oxygen atoms in total. The van der Waals surface area contributed by atoms with E-state index in [9.17, 15) is 0 Å². The van der Waals surface area contributed by atoms with Crippen LogP contribution in [0.15, 0.2) is 12.4 Å². The van der Waals surface area contributed by atoms with E-state index in [4.69, 9.17) is 10.5 Å². The van der Waals surface area contributed by atoms with Crippen LogP contribution in [0.25, 0.3) is 0 Å². The van der Waals surface area contributed by atoms with Crippen LogP contribution in [0.4, 0.5) is 0 Å². The Morgan fingerprint density at radius 1 is 1.71 bits per heavy atom. The normalized spacial score (nSPS) is 29.3. The Kier molecular flexibility index (Phi) is 2.84. The number of hydrogen-bond donors (Lipinski definition) is 2. The Labute approximate surface area is 83.9 Å². The molecule has 4 heteroatoms. The lowest BCUT2D eigenvalue weighted by Gasteiger charge is -2.18. The minimum atomic E-state index is 0.0612. The van der Waals surface area contributed by atoms with Crippen molar-refractivity contribution in [1.29, 1.82) is 0 Å². The third-order valence-electron chi connectivity index (χ3n) is 2.73. The number of ether oxygens (including phenoxy) is 1. The van der Waals surface area contributed by atoms with Crippen molar-refractivity contribution in [2.75, 3.05) is 0 Å². The van der Waals surface area contributed by atoms with Crippen molar-refractivity contribution in [2.24, 2.45) is 5.73 Å². The molecule has 0 saturated carbocycles. The van der Waals surface area contributed by atoms with Crippen LogP contribution < -0.4 is 5.73 Å². The number of aromatic amines is 1. The van der Waals surface area contributed by atoms with Gasteiger partial charge in [0.25, 0.3) is 0 Å². The summed E-state index contributed by atoms with van der Waals surface area (Å²) in [5.74, 6) is 0.945. The van der Waals surface area contributed by atoms with E-state index in [0.717, 1.165) is 25.1 Å².